The van der Waals surface area contributed by atoms with Crippen molar-refractivity contribution >= 4 is 11.7 Å². The van der Waals surface area contributed by atoms with Gasteiger partial charge >= 0.3 is 5.97 Å². The Kier molecular flexibility index (Phi) is 3.78. The van der Waals surface area contributed by atoms with Crippen molar-refractivity contribution in [2.45, 2.75) is 45.6 Å². The van der Waals surface area contributed by atoms with Crippen LogP contribution in [0.25, 0.3) is 0 Å². The van der Waals surface area contributed by atoms with Gasteiger partial charge in [0.05, 0.1) is 11.3 Å². The number of hydrogen-bond acceptors (Lipinski definition) is 2. The van der Waals surface area contributed by atoms with E-state index in [0.29, 0.717) is 5.69 Å². The predicted octanol–water partition coefficient (Wildman–Crippen LogP) is 3.90. The molecule has 1 saturated carbocycles. The molecule has 2 N–H and O–H groups in total. The van der Waals surface area contributed by atoms with E-state index < -0.39 is 11.8 Å². The molecule has 0 radical (unpaired) electrons. The summed E-state index contributed by atoms with van der Waals surface area (Å²) in [6.45, 7) is 4.38. The number of halogens is 1. The van der Waals surface area contributed by atoms with Crippen LogP contribution in [0, 0.1) is 11.2 Å². The van der Waals surface area contributed by atoms with Crippen molar-refractivity contribution in [2.75, 3.05) is 5.32 Å². The summed E-state index contributed by atoms with van der Waals surface area (Å²) in [6.07, 6.45) is 4.51. The maximum absolute atomic E-state index is 13.9. The summed E-state index contributed by atoms with van der Waals surface area (Å²) in [4.78, 5) is 10.8. The number of rotatable bonds is 3. The first kappa shape index (κ1) is 13.8. The molecule has 19 heavy (non-hydrogen) atoms. The quantitative estimate of drug-likeness (QED) is 0.871. The molecule has 0 aliphatic heterocycles. The van der Waals surface area contributed by atoms with Crippen LogP contribution in [0.15, 0.2) is 18.2 Å². The molecule has 3 nitrogen and oxygen atoms in total. The first-order valence-electron chi connectivity index (χ1n) is 6.69. The van der Waals surface area contributed by atoms with Crippen molar-refractivity contribution in [1.82, 2.24) is 0 Å². The van der Waals surface area contributed by atoms with Gasteiger partial charge < -0.3 is 10.4 Å². The topological polar surface area (TPSA) is 49.3 Å². The van der Waals surface area contributed by atoms with Crippen LogP contribution < -0.4 is 5.32 Å². The standard InChI is InChI=1S/C15H20FNO2/c1-15(2)8-4-3-5-13(15)17-12-7-6-10(14(18)19)9-11(12)16/h6-7,9,13,17H,3-5,8H2,1-2H3,(H,18,19). The Balaban J connectivity index is 2.17. The maximum atomic E-state index is 13.9. The summed E-state index contributed by atoms with van der Waals surface area (Å²) >= 11 is 0. The zero-order chi connectivity index (χ0) is 14.0. The lowest BCUT2D eigenvalue weighted by Gasteiger charge is -2.39. The fraction of sp³-hybridized carbons (Fsp3) is 0.533. The minimum absolute atomic E-state index is 0.0223. The van der Waals surface area contributed by atoms with Crippen LogP contribution in [0.5, 0.6) is 0 Å². The van der Waals surface area contributed by atoms with Crippen LogP contribution >= 0.6 is 0 Å². The van der Waals surface area contributed by atoms with E-state index in [9.17, 15) is 9.18 Å². The van der Waals surface area contributed by atoms with Gasteiger partial charge in [-0.15, -0.1) is 0 Å². The Morgan fingerprint density at radius 2 is 2.16 bits per heavy atom. The van der Waals surface area contributed by atoms with Crippen molar-refractivity contribution in [1.29, 1.82) is 0 Å². The van der Waals surface area contributed by atoms with Gasteiger partial charge in [-0.25, -0.2) is 9.18 Å². The van der Waals surface area contributed by atoms with E-state index in [1.807, 2.05) is 0 Å². The zero-order valence-corrected chi connectivity index (χ0v) is 11.4. The van der Waals surface area contributed by atoms with Crippen LogP contribution in [-0.4, -0.2) is 17.1 Å². The van der Waals surface area contributed by atoms with E-state index in [4.69, 9.17) is 5.11 Å². The van der Waals surface area contributed by atoms with E-state index in [-0.39, 0.29) is 17.0 Å². The lowest BCUT2D eigenvalue weighted by Crippen LogP contribution is -2.39. The minimum Gasteiger partial charge on any atom is -0.478 e. The average Bonchev–Trinajstić information content (AvgIpc) is 2.33. The van der Waals surface area contributed by atoms with Crippen molar-refractivity contribution in [2.24, 2.45) is 5.41 Å². The summed E-state index contributed by atoms with van der Waals surface area (Å²) in [5.74, 6) is -1.61. The number of aromatic carboxylic acids is 1. The lowest BCUT2D eigenvalue weighted by molar-refractivity contribution is 0.0696. The summed E-state index contributed by atoms with van der Waals surface area (Å²) in [5.41, 5.74) is 0.506. The monoisotopic (exact) mass is 265 g/mol. The minimum atomic E-state index is -1.11. The van der Waals surface area contributed by atoms with Gasteiger partial charge in [0, 0.05) is 6.04 Å². The molecule has 0 amide bonds. The third-order valence-corrected chi connectivity index (χ3v) is 4.05. The van der Waals surface area contributed by atoms with Gasteiger partial charge in [0.1, 0.15) is 5.82 Å². The highest BCUT2D eigenvalue weighted by Crippen LogP contribution is 2.37. The molecule has 0 bridgehead atoms. The maximum Gasteiger partial charge on any atom is 0.335 e. The highest BCUT2D eigenvalue weighted by molar-refractivity contribution is 5.88. The Morgan fingerprint density at radius 1 is 1.42 bits per heavy atom. The second kappa shape index (κ2) is 5.19. The lowest BCUT2D eigenvalue weighted by atomic mass is 9.73. The van der Waals surface area contributed by atoms with Crippen molar-refractivity contribution < 1.29 is 14.3 Å². The summed E-state index contributed by atoms with van der Waals surface area (Å²) in [5, 5.41) is 12.1. The molecule has 104 valence electrons. The van der Waals surface area contributed by atoms with Gasteiger partial charge in [0.25, 0.3) is 0 Å². The molecule has 0 heterocycles. The number of benzene rings is 1. The molecule has 0 spiro atoms. The molecule has 1 aromatic rings. The largest absolute Gasteiger partial charge is 0.478 e. The van der Waals surface area contributed by atoms with Crippen molar-refractivity contribution in [3.05, 3.63) is 29.6 Å². The van der Waals surface area contributed by atoms with E-state index in [1.54, 1.807) is 0 Å². The van der Waals surface area contributed by atoms with Crippen LogP contribution in [0.2, 0.25) is 0 Å². The molecule has 2 rings (SSSR count). The van der Waals surface area contributed by atoms with Crippen molar-refractivity contribution in [3.63, 3.8) is 0 Å². The normalized spacial score (nSPS) is 21.9. The fourth-order valence-corrected chi connectivity index (χ4v) is 2.71. The van der Waals surface area contributed by atoms with Crippen LogP contribution in [0.3, 0.4) is 0 Å². The molecule has 1 aliphatic carbocycles. The van der Waals surface area contributed by atoms with Crippen molar-refractivity contribution in [3.8, 4) is 0 Å². The second-order valence-corrected chi connectivity index (χ2v) is 5.93. The van der Waals surface area contributed by atoms with Crippen LogP contribution in [-0.2, 0) is 0 Å². The van der Waals surface area contributed by atoms with E-state index in [2.05, 4.69) is 19.2 Å². The first-order chi connectivity index (χ1) is 8.90. The number of nitrogens with one attached hydrogen (secondary N) is 1. The number of carboxylic acids is 1. The Labute approximate surface area is 112 Å². The molecule has 1 aliphatic rings. The first-order valence-corrected chi connectivity index (χ1v) is 6.69. The predicted molar refractivity (Wildman–Crippen MR) is 73.0 cm³/mol. The third-order valence-electron chi connectivity index (χ3n) is 4.05. The Morgan fingerprint density at radius 3 is 2.74 bits per heavy atom. The molecule has 1 unspecified atom stereocenters. The smallest absolute Gasteiger partial charge is 0.335 e. The van der Waals surface area contributed by atoms with E-state index in [1.165, 1.54) is 18.6 Å². The SMILES string of the molecule is CC1(C)CCCCC1Nc1ccc(C(=O)O)cc1F. The summed E-state index contributed by atoms with van der Waals surface area (Å²) < 4.78 is 13.9. The van der Waals surface area contributed by atoms with Gasteiger partial charge in [-0.2, -0.15) is 0 Å². The molecular formula is C15H20FNO2. The summed E-state index contributed by atoms with van der Waals surface area (Å²) in [6, 6.07) is 4.25. The third kappa shape index (κ3) is 3.06. The number of carbonyl (C=O) groups is 1. The molecule has 4 heteroatoms. The van der Waals surface area contributed by atoms with Crippen LogP contribution in [0.1, 0.15) is 49.9 Å². The van der Waals surface area contributed by atoms with E-state index in [0.717, 1.165) is 25.3 Å². The molecular weight excluding hydrogens is 245 g/mol. The van der Waals surface area contributed by atoms with Gasteiger partial charge in [-0.1, -0.05) is 26.7 Å². The van der Waals surface area contributed by atoms with Gasteiger partial charge in [-0.05, 0) is 36.5 Å². The molecule has 0 aromatic heterocycles. The highest BCUT2D eigenvalue weighted by atomic mass is 19.1. The highest BCUT2D eigenvalue weighted by Gasteiger charge is 2.32. The Bertz CT molecular complexity index is 485. The number of carboxylic acid groups (broad SMARTS) is 1. The van der Waals surface area contributed by atoms with Crippen LogP contribution in [0.4, 0.5) is 10.1 Å². The molecule has 1 fully saturated rings. The fourth-order valence-electron chi connectivity index (χ4n) is 2.71. The van der Waals surface area contributed by atoms with Gasteiger partial charge in [0.15, 0.2) is 0 Å². The molecule has 1 aromatic carbocycles. The average molecular weight is 265 g/mol. The summed E-state index contributed by atoms with van der Waals surface area (Å²) in [7, 11) is 0. The Hall–Kier alpha value is -1.58. The van der Waals surface area contributed by atoms with Gasteiger partial charge in [0.2, 0.25) is 0 Å². The second-order valence-electron chi connectivity index (χ2n) is 5.93. The number of anilines is 1. The molecule has 0 saturated heterocycles. The van der Waals surface area contributed by atoms with Gasteiger partial charge in [-0.3, -0.25) is 0 Å². The number of hydrogen-bond donors (Lipinski definition) is 2. The van der Waals surface area contributed by atoms with E-state index >= 15 is 0 Å². The zero-order valence-electron chi connectivity index (χ0n) is 11.4. The molecule has 1 atom stereocenters.